The molecule has 4 heterocycles. The molecule has 2 aromatic heterocycles. The number of carboxylic acids is 1. The predicted octanol–water partition coefficient (Wildman–Crippen LogP) is 1.30. The number of aromatic carboxylic acids is 1. The summed E-state index contributed by atoms with van der Waals surface area (Å²) in [6, 6.07) is 2.75. The van der Waals surface area contributed by atoms with Crippen molar-refractivity contribution in [3.8, 4) is 0 Å². The normalized spacial score (nSPS) is 18.0. The zero-order valence-electron chi connectivity index (χ0n) is 17.6. The number of hydrogen-bond acceptors (Lipinski definition) is 9. The maximum absolute atomic E-state index is 15.0. The number of carboxylic acid groups (broad SMARTS) is 1. The summed E-state index contributed by atoms with van der Waals surface area (Å²) in [6.07, 6.45) is 0. The van der Waals surface area contributed by atoms with E-state index in [2.05, 4.69) is 4.90 Å². The van der Waals surface area contributed by atoms with E-state index in [4.69, 9.17) is 8.83 Å². The van der Waals surface area contributed by atoms with Crippen LogP contribution in [0.15, 0.2) is 35.6 Å². The maximum Gasteiger partial charge on any atom is 1.00 e. The monoisotopic (exact) mass is 567 g/mol. The molecule has 3 aromatic rings. The average Bonchev–Trinajstić information content (AvgIpc) is 3.05. The molecule has 5 rings (SSSR count). The number of aromatic nitrogens is 1. The smallest absolute Gasteiger partial charge is 0.545 e. The number of anilines is 1. The fourth-order valence-corrected chi connectivity index (χ4v) is 5.48. The second-order valence-electron chi connectivity index (χ2n) is 7.90. The van der Waals surface area contributed by atoms with Crippen molar-refractivity contribution < 1.29 is 45.5 Å². The van der Waals surface area contributed by atoms with Crippen molar-refractivity contribution in [3.05, 3.63) is 55.9 Å². The standard InChI is InChI=1S/C21H20FN3O6S.Ag/c1-10-16(31-21(29)30-10)9-23-3-5-24(6-4-23)15-8-14-12(7-13(15)22)18(26)17(20(27)28)19-25(14)11(2)32-19;/h7-8,11H,3-6,9H2,1-2H3,(H,27,28);/q;+1/p-1. The quantitative estimate of drug-likeness (QED) is 0.430. The van der Waals surface area contributed by atoms with E-state index in [1.54, 1.807) is 17.6 Å². The number of carbonyl (C=O) groups is 1. The van der Waals surface area contributed by atoms with Gasteiger partial charge in [0, 0.05) is 31.6 Å². The summed E-state index contributed by atoms with van der Waals surface area (Å²) in [5, 5.41) is 11.8. The van der Waals surface area contributed by atoms with Crippen molar-refractivity contribution in [2.24, 2.45) is 0 Å². The molecule has 1 aromatic carbocycles. The van der Waals surface area contributed by atoms with Crippen molar-refractivity contribution in [1.82, 2.24) is 9.47 Å². The topological polar surface area (TPSA) is 112 Å². The summed E-state index contributed by atoms with van der Waals surface area (Å²) in [5.74, 6) is -1.93. The second kappa shape index (κ2) is 8.80. The van der Waals surface area contributed by atoms with Gasteiger partial charge in [-0.05, 0) is 26.0 Å². The zero-order valence-corrected chi connectivity index (χ0v) is 19.9. The van der Waals surface area contributed by atoms with Gasteiger partial charge in [0.25, 0.3) is 0 Å². The van der Waals surface area contributed by atoms with Crippen LogP contribution in [0.3, 0.4) is 0 Å². The third kappa shape index (κ3) is 3.97. The molecule has 1 atom stereocenters. The van der Waals surface area contributed by atoms with Crippen LogP contribution >= 0.6 is 11.8 Å². The Balaban J connectivity index is 0.00000259. The first kappa shape index (κ1) is 23.8. The third-order valence-corrected chi connectivity index (χ3v) is 7.17. The van der Waals surface area contributed by atoms with Crippen molar-refractivity contribution in [2.45, 2.75) is 30.8 Å². The van der Waals surface area contributed by atoms with Gasteiger partial charge in [0.1, 0.15) is 11.6 Å². The molecule has 1 fully saturated rings. The molecule has 178 valence electrons. The number of nitrogens with zero attached hydrogens (tertiary/aromatic N) is 3. The molecular weight excluding hydrogens is 549 g/mol. The summed E-state index contributed by atoms with van der Waals surface area (Å²) < 4.78 is 26.7. The van der Waals surface area contributed by atoms with E-state index >= 15 is 4.39 Å². The minimum absolute atomic E-state index is 0. The Labute approximate surface area is 206 Å². The number of rotatable bonds is 4. The maximum atomic E-state index is 15.0. The number of piperazine rings is 1. The van der Waals surface area contributed by atoms with E-state index in [0.29, 0.717) is 60.5 Å². The first-order chi connectivity index (χ1) is 15.2. The number of aryl methyl sites for hydroxylation is 1. The Morgan fingerprint density at radius 1 is 1.21 bits per heavy atom. The summed E-state index contributed by atoms with van der Waals surface area (Å²) in [4.78, 5) is 39.4. The minimum Gasteiger partial charge on any atom is -0.545 e. The fourth-order valence-electron chi connectivity index (χ4n) is 4.33. The van der Waals surface area contributed by atoms with Crippen LogP contribution in [0.2, 0.25) is 0 Å². The van der Waals surface area contributed by atoms with E-state index in [9.17, 15) is 19.5 Å². The van der Waals surface area contributed by atoms with Crippen LogP contribution in [-0.2, 0) is 28.9 Å². The van der Waals surface area contributed by atoms with Crippen molar-refractivity contribution in [1.29, 1.82) is 0 Å². The fraction of sp³-hybridized carbons (Fsp3) is 0.381. The molecule has 1 saturated heterocycles. The number of carbonyl (C=O) groups excluding carboxylic acids is 1. The second-order valence-corrected chi connectivity index (χ2v) is 9.21. The van der Waals surface area contributed by atoms with Crippen LogP contribution in [0, 0.1) is 12.7 Å². The molecule has 1 unspecified atom stereocenters. The van der Waals surface area contributed by atoms with Gasteiger partial charge in [-0.1, -0.05) is 11.8 Å². The molecule has 0 aliphatic carbocycles. The average molecular weight is 568 g/mol. The third-order valence-electron chi connectivity index (χ3n) is 5.99. The molecule has 0 bridgehead atoms. The molecule has 2 aliphatic rings. The summed E-state index contributed by atoms with van der Waals surface area (Å²) in [7, 11) is 0. The molecule has 12 heteroatoms. The van der Waals surface area contributed by atoms with E-state index < -0.39 is 28.6 Å². The Hall–Kier alpha value is -2.31. The van der Waals surface area contributed by atoms with Crippen molar-refractivity contribution in [3.63, 3.8) is 0 Å². The van der Waals surface area contributed by atoms with E-state index in [0.717, 1.165) is 6.07 Å². The van der Waals surface area contributed by atoms with Gasteiger partial charge >= 0.3 is 28.2 Å². The molecule has 0 N–H and O–H groups in total. The Kier molecular flexibility index (Phi) is 6.36. The summed E-state index contributed by atoms with van der Waals surface area (Å²) >= 11 is 1.28. The number of halogens is 1. The van der Waals surface area contributed by atoms with Crippen molar-refractivity contribution >= 4 is 34.3 Å². The zero-order chi connectivity index (χ0) is 22.7. The number of fused-ring (bicyclic) bond motifs is 3. The van der Waals surface area contributed by atoms with Gasteiger partial charge in [0.05, 0.1) is 39.7 Å². The first-order valence-corrected chi connectivity index (χ1v) is 11.0. The minimum atomic E-state index is -1.55. The van der Waals surface area contributed by atoms with Crippen LogP contribution in [0.1, 0.15) is 34.2 Å². The summed E-state index contributed by atoms with van der Waals surface area (Å²) in [5.41, 5.74) is -0.265. The molecule has 2 aliphatic heterocycles. The Bertz CT molecular complexity index is 1380. The Morgan fingerprint density at radius 3 is 2.48 bits per heavy atom. The van der Waals surface area contributed by atoms with Gasteiger partial charge in [-0.2, -0.15) is 0 Å². The number of thioether (sulfide) groups is 1. The molecule has 0 amide bonds. The largest absolute Gasteiger partial charge is 1.00 e. The summed E-state index contributed by atoms with van der Waals surface area (Å²) in [6.45, 7) is 6.27. The van der Waals surface area contributed by atoms with Gasteiger partial charge in [0.15, 0.2) is 11.2 Å². The number of hydrogen-bond donors (Lipinski definition) is 0. The van der Waals surface area contributed by atoms with Gasteiger partial charge < -0.3 is 28.2 Å². The van der Waals surface area contributed by atoms with Crippen LogP contribution in [0.5, 0.6) is 0 Å². The molecule has 0 radical (unpaired) electrons. The van der Waals surface area contributed by atoms with Gasteiger partial charge in [0.2, 0.25) is 0 Å². The molecule has 9 nitrogen and oxygen atoms in total. The van der Waals surface area contributed by atoms with Gasteiger partial charge in [-0.3, -0.25) is 9.69 Å². The number of pyridine rings is 1. The van der Waals surface area contributed by atoms with Crippen molar-refractivity contribution in [2.75, 3.05) is 31.1 Å². The molecule has 0 saturated carbocycles. The van der Waals surface area contributed by atoms with Crippen LogP contribution in [-0.4, -0.2) is 41.6 Å². The van der Waals surface area contributed by atoms with E-state index in [-0.39, 0.29) is 33.1 Å². The molecular formula is C21H19AgFN3O6S. The van der Waals surface area contributed by atoms with Crippen LogP contribution in [0.4, 0.5) is 10.1 Å². The molecule has 0 spiro atoms. The van der Waals surface area contributed by atoms with E-state index in [1.165, 1.54) is 11.8 Å². The van der Waals surface area contributed by atoms with E-state index in [1.807, 2.05) is 11.8 Å². The van der Waals surface area contributed by atoms with Gasteiger partial charge in [-0.15, -0.1) is 0 Å². The first-order valence-electron chi connectivity index (χ1n) is 10.1. The van der Waals surface area contributed by atoms with Gasteiger partial charge in [-0.25, -0.2) is 9.18 Å². The number of benzene rings is 1. The Morgan fingerprint density at radius 2 is 1.91 bits per heavy atom. The van der Waals surface area contributed by atoms with Crippen LogP contribution < -0.4 is 21.3 Å². The van der Waals surface area contributed by atoms with Crippen LogP contribution in [0.25, 0.3) is 10.9 Å². The molecule has 33 heavy (non-hydrogen) atoms. The SMILES string of the molecule is Cc1oc(=O)oc1CN1CCN(c2cc3c(cc2F)c(=O)c(C(=O)[O-])c2n3C(C)S2)CC1.[Ag+]. The predicted molar refractivity (Wildman–Crippen MR) is 113 cm³/mol.